The van der Waals surface area contributed by atoms with E-state index in [1.165, 1.54) is 12.1 Å². The summed E-state index contributed by atoms with van der Waals surface area (Å²) in [5.74, 6) is 0.162. The third-order valence-corrected chi connectivity index (χ3v) is 4.77. The molecule has 2 aromatic carbocycles. The van der Waals surface area contributed by atoms with Gasteiger partial charge in [-0.2, -0.15) is 5.26 Å². The maximum atomic E-state index is 13.3. The molecule has 1 fully saturated rings. The number of hydrogen-bond donors (Lipinski definition) is 0. The van der Waals surface area contributed by atoms with Crippen LogP contribution in [0, 0.1) is 17.1 Å². The number of nitrogens with zero attached hydrogens (tertiary/aromatic N) is 3. The van der Waals surface area contributed by atoms with Crippen LogP contribution in [0.1, 0.15) is 12.5 Å². The molecule has 1 aliphatic heterocycles. The van der Waals surface area contributed by atoms with Gasteiger partial charge in [0, 0.05) is 36.4 Å². The fraction of sp³-hybridized carbons (Fsp3) is 0.273. The van der Waals surface area contributed by atoms with Crippen LogP contribution in [0.4, 0.5) is 10.1 Å². The number of nitriles is 1. The molecule has 0 N–H and O–H groups in total. The van der Waals surface area contributed by atoms with E-state index in [0.717, 1.165) is 17.6 Å². The first-order valence-corrected chi connectivity index (χ1v) is 9.20. The monoisotopic (exact) mass is 377 g/mol. The molecule has 1 aliphatic rings. The van der Waals surface area contributed by atoms with Crippen LogP contribution in [0.15, 0.2) is 54.7 Å². The second-order valence-electron chi connectivity index (χ2n) is 6.89. The van der Waals surface area contributed by atoms with Gasteiger partial charge in [-0.1, -0.05) is 6.07 Å². The fourth-order valence-electron chi connectivity index (χ4n) is 3.60. The van der Waals surface area contributed by atoms with Gasteiger partial charge in [0.25, 0.3) is 0 Å². The molecule has 2 heterocycles. The largest absolute Gasteiger partial charge is 0.491 e. The predicted octanol–water partition coefficient (Wildman–Crippen LogP) is 3.92. The zero-order chi connectivity index (χ0) is 19.5. The van der Waals surface area contributed by atoms with E-state index in [4.69, 9.17) is 9.47 Å². The van der Waals surface area contributed by atoms with Gasteiger partial charge in [-0.15, -0.1) is 0 Å². The second kappa shape index (κ2) is 7.83. The highest BCUT2D eigenvalue weighted by molar-refractivity contribution is 5.95. The van der Waals surface area contributed by atoms with E-state index in [1.807, 2.05) is 31.2 Å². The second-order valence-corrected chi connectivity index (χ2v) is 6.89. The van der Waals surface area contributed by atoms with Gasteiger partial charge in [0.15, 0.2) is 0 Å². The number of anilines is 1. The van der Waals surface area contributed by atoms with Crippen LogP contribution in [0.3, 0.4) is 0 Å². The van der Waals surface area contributed by atoms with E-state index < -0.39 is 0 Å². The molecule has 0 unspecified atom stereocenters. The molecule has 0 spiro atoms. The van der Waals surface area contributed by atoms with Crippen molar-refractivity contribution in [2.24, 2.45) is 0 Å². The Hall–Kier alpha value is -3.17. The van der Waals surface area contributed by atoms with E-state index in [9.17, 15) is 9.65 Å². The van der Waals surface area contributed by atoms with Gasteiger partial charge in [-0.05, 0) is 43.3 Å². The van der Waals surface area contributed by atoms with Crippen molar-refractivity contribution < 1.29 is 13.9 Å². The molecule has 28 heavy (non-hydrogen) atoms. The Kier molecular flexibility index (Phi) is 5.09. The number of rotatable bonds is 4. The first-order chi connectivity index (χ1) is 13.6. The van der Waals surface area contributed by atoms with Crippen molar-refractivity contribution in [1.29, 1.82) is 5.26 Å². The van der Waals surface area contributed by atoms with Gasteiger partial charge < -0.3 is 14.4 Å². The molecule has 0 aliphatic carbocycles. The number of benzene rings is 2. The molecular formula is C22H20FN3O2. The predicted molar refractivity (Wildman–Crippen MR) is 105 cm³/mol. The highest BCUT2D eigenvalue weighted by Crippen LogP contribution is 2.30. The molecule has 5 nitrogen and oxygen atoms in total. The standard InChI is InChI=1S/C22H20FN3O2/c1-15-12-26(13-19(28-15)14-27-18-5-2-4-17(23)10-18)21-8-7-16(11-24)22-20(21)6-3-9-25-22/h2-10,15,19H,12-14H2,1H3/t15-,19-/m1/s1. The van der Waals surface area contributed by atoms with Crippen LogP contribution in [0.25, 0.3) is 10.9 Å². The third-order valence-electron chi connectivity index (χ3n) is 4.77. The maximum Gasteiger partial charge on any atom is 0.126 e. The lowest BCUT2D eigenvalue weighted by Gasteiger charge is -2.38. The van der Waals surface area contributed by atoms with Crippen molar-refractivity contribution in [3.8, 4) is 11.8 Å². The Balaban J connectivity index is 1.55. The van der Waals surface area contributed by atoms with Crippen LogP contribution in [-0.4, -0.2) is 36.9 Å². The number of morpholine rings is 1. The zero-order valence-electron chi connectivity index (χ0n) is 15.5. The lowest BCUT2D eigenvalue weighted by atomic mass is 10.1. The van der Waals surface area contributed by atoms with Gasteiger partial charge in [0.1, 0.15) is 30.3 Å². The van der Waals surface area contributed by atoms with E-state index in [0.29, 0.717) is 30.0 Å². The molecule has 4 rings (SSSR count). The summed E-state index contributed by atoms with van der Waals surface area (Å²) < 4.78 is 25.1. The third kappa shape index (κ3) is 3.75. The molecule has 1 aromatic heterocycles. The first-order valence-electron chi connectivity index (χ1n) is 9.20. The van der Waals surface area contributed by atoms with Crippen molar-refractivity contribution in [1.82, 2.24) is 4.98 Å². The Bertz CT molecular complexity index is 1030. The Labute approximate surface area is 162 Å². The molecule has 3 aromatic rings. The highest BCUT2D eigenvalue weighted by Gasteiger charge is 2.27. The van der Waals surface area contributed by atoms with E-state index >= 15 is 0 Å². The SMILES string of the molecule is C[C@@H]1CN(c2ccc(C#N)c3ncccc23)C[C@H](COc2cccc(F)c2)O1. The van der Waals surface area contributed by atoms with Gasteiger partial charge in [-0.3, -0.25) is 4.98 Å². The highest BCUT2D eigenvalue weighted by atomic mass is 19.1. The van der Waals surface area contributed by atoms with Gasteiger partial charge in [0.2, 0.25) is 0 Å². The van der Waals surface area contributed by atoms with Gasteiger partial charge in [-0.25, -0.2) is 4.39 Å². The van der Waals surface area contributed by atoms with Crippen molar-refractivity contribution in [3.05, 3.63) is 66.1 Å². The first kappa shape index (κ1) is 18.2. The fourth-order valence-corrected chi connectivity index (χ4v) is 3.60. The van der Waals surface area contributed by atoms with Gasteiger partial charge in [0.05, 0.1) is 17.2 Å². The molecule has 1 saturated heterocycles. The zero-order valence-corrected chi connectivity index (χ0v) is 15.5. The number of ether oxygens (including phenoxy) is 2. The summed E-state index contributed by atoms with van der Waals surface area (Å²) >= 11 is 0. The molecule has 0 amide bonds. The minimum atomic E-state index is -0.325. The number of hydrogen-bond acceptors (Lipinski definition) is 5. The minimum absolute atomic E-state index is 0.0113. The van der Waals surface area contributed by atoms with Crippen molar-refractivity contribution in [3.63, 3.8) is 0 Å². The molecule has 6 heteroatoms. The molecule has 2 atom stereocenters. The van der Waals surface area contributed by atoms with Crippen molar-refractivity contribution >= 4 is 16.6 Å². The summed E-state index contributed by atoms with van der Waals surface area (Å²) in [5.41, 5.74) is 2.29. The number of fused-ring (bicyclic) bond motifs is 1. The maximum absolute atomic E-state index is 13.3. The summed E-state index contributed by atoms with van der Waals surface area (Å²) in [6, 6.07) is 15.9. The summed E-state index contributed by atoms with van der Waals surface area (Å²) in [5, 5.41) is 10.3. The quantitative estimate of drug-likeness (QED) is 0.690. The summed E-state index contributed by atoms with van der Waals surface area (Å²) in [6.45, 7) is 3.71. The smallest absolute Gasteiger partial charge is 0.126 e. The Morgan fingerprint density at radius 2 is 2.14 bits per heavy atom. The Morgan fingerprint density at radius 3 is 2.96 bits per heavy atom. The molecule has 0 radical (unpaired) electrons. The Morgan fingerprint density at radius 1 is 1.25 bits per heavy atom. The molecule has 0 bridgehead atoms. The average Bonchev–Trinajstić information content (AvgIpc) is 2.71. The van der Waals surface area contributed by atoms with E-state index in [2.05, 4.69) is 16.0 Å². The van der Waals surface area contributed by atoms with Crippen LogP contribution in [-0.2, 0) is 4.74 Å². The van der Waals surface area contributed by atoms with E-state index in [1.54, 1.807) is 18.3 Å². The van der Waals surface area contributed by atoms with E-state index in [-0.39, 0.29) is 18.0 Å². The topological polar surface area (TPSA) is 58.4 Å². The number of halogens is 1. The molecular weight excluding hydrogens is 357 g/mol. The molecule has 142 valence electrons. The average molecular weight is 377 g/mol. The van der Waals surface area contributed by atoms with Crippen molar-refractivity contribution in [2.45, 2.75) is 19.1 Å². The molecule has 0 saturated carbocycles. The van der Waals surface area contributed by atoms with Crippen LogP contribution in [0.5, 0.6) is 5.75 Å². The summed E-state index contributed by atoms with van der Waals surface area (Å²) in [7, 11) is 0. The van der Waals surface area contributed by atoms with Gasteiger partial charge >= 0.3 is 0 Å². The van der Waals surface area contributed by atoms with Crippen LogP contribution >= 0.6 is 0 Å². The lowest BCUT2D eigenvalue weighted by Crippen LogP contribution is -2.49. The normalized spacial score (nSPS) is 19.4. The van der Waals surface area contributed by atoms with Crippen LogP contribution < -0.4 is 9.64 Å². The minimum Gasteiger partial charge on any atom is -0.491 e. The summed E-state index contributed by atoms with van der Waals surface area (Å²) in [6.07, 6.45) is 1.55. The number of aromatic nitrogens is 1. The van der Waals surface area contributed by atoms with Crippen LogP contribution in [0.2, 0.25) is 0 Å². The lowest BCUT2D eigenvalue weighted by molar-refractivity contribution is -0.0370. The van der Waals surface area contributed by atoms with Crippen molar-refractivity contribution in [2.75, 3.05) is 24.6 Å². The number of pyridine rings is 1. The summed E-state index contributed by atoms with van der Waals surface area (Å²) in [4.78, 5) is 6.62.